The second kappa shape index (κ2) is 6.83. The monoisotopic (exact) mass is 308 g/mol. The van der Waals surface area contributed by atoms with Gasteiger partial charge in [0.2, 0.25) is 0 Å². The number of hydrogen-bond acceptors (Lipinski definition) is 3. The van der Waals surface area contributed by atoms with Crippen LogP contribution in [0.5, 0.6) is 0 Å². The van der Waals surface area contributed by atoms with E-state index in [1.807, 2.05) is 11.9 Å². The molecule has 0 spiro atoms. The van der Waals surface area contributed by atoms with Crippen molar-refractivity contribution in [3.8, 4) is 0 Å². The van der Waals surface area contributed by atoms with E-state index in [2.05, 4.69) is 4.72 Å². The van der Waals surface area contributed by atoms with Crippen LogP contribution in [0, 0.1) is 5.92 Å². The molecule has 3 N–H and O–H groups in total. The molecule has 1 aliphatic carbocycles. The topological polar surface area (TPSA) is 78.7 Å². The highest BCUT2D eigenvalue weighted by molar-refractivity contribution is 7.87. The van der Waals surface area contributed by atoms with Crippen LogP contribution in [0.1, 0.15) is 25.7 Å². The van der Waals surface area contributed by atoms with Gasteiger partial charge >= 0.3 is 0 Å². The summed E-state index contributed by atoms with van der Waals surface area (Å²) >= 11 is 4.96. The van der Waals surface area contributed by atoms with E-state index in [0.29, 0.717) is 23.6 Å². The van der Waals surface area contributed by atoms with Crippen LogP contribution in [0.2, 0.25) is 0 Å². The predicted octanol–water partition coefficient (Wildman–Crippen LogP) is 0.117. The molecule has 0 bridgehead atoms. The predicted molar refractivity (Wildman–Crippen MR) is 80.9 cm³/mol. The molecule has 1 aliphatic rings. The summed E-state index contributed by atoms with van der Waals surface area (Å²) in [5.41, 5.74) is 5.61. The van der Waals surface area contributed by atoms with Crippen molar-refractivity contribution in [2.75, 3.05) is 27.7 Å². The first kappa shape index (κ1) is 16.6. The Kier molecular flexibility index (Phi) is 5.97. The normalized spacial score (nSPS) is 24.4. The molecule has 0 unspecified atom stereocenters. The maximum absolute atomic E-state index is 11.6. The van der Waals surface area contributed by atoms with E-state index < -0.39 is 10.2 Å². The van der Waals surface area contributed by atoms with E-state index in [1.165, 1.54) is 18.4 Å². The van der Waals surface area contributed by atoms with Crippen LogP contribution in [0.4, 0.5) is 0 Å². The molecule has 0 aromatic rings. The molecule has 112 valence electrons. The molecule has 1 fully saturated rings. The van der Waals surface area contributed by atoms with Crippen molar-refractivity contribution in [3.05, 3.63) is 0 Å². The number of hydrogen-bond donors (Lipinski definition) is 2. The zero-order valence-corrected chi connectivity index (χ0v) is 13.4. The molecule has 1 rings (SSSR count). The van der Waals surface area contributed by atoms with E-state index in [9.17, 15) is 8.42 Å². The second-order valence-electron chi connectivity index (χ2n) is 5.26. The van der Waals surface area contributed by atoms with Crippen molar-refractivity contribution >= 4 is 27.5 Å². The Labute approximate surface area is 121 Å². The van der Waals surface area contributed by atoms with Crippen LogP contribution in [0.15, 0.2) is 0 Å². The van der Waals surface area contributed by atoms with Gasteiger partial charge in [0.05, 0.1) is 0 Å². The summed E-state index contributed by atoms with van der Waals surface area (Å²) in [7, 11) is 1.66. The fourth-order valence-electron chi connectivity index (χ4n) is 2.27. The number of nitrogens with zero attached hydrogens (tertiary/aromatic N) is 2. The second-order valence-corrected chi connectivity index (χ2v) is 7.65. The van der Waals surface area contributed by atoms with Crippen molar-refractivity contribution in [2.45, 2.75) is 31.7 Å². The molecule has 0 heterocycles. The van der Waals surface area contributed by atoms with Gasteiger partial charge in [-0.05, 0) is 43.8 Å². The molecule has 0 radical (unpaired) electrons. The Morgan fingerprint density at radius 2 is 1.79 bits per heavy atom. The fourth-order valence-corrected chi connectivity index (χ4v) is 3.12. The van der Waals surface area contributed by atoms with Crippen LogP contribution in [0.25, 0.3) is 0 Å². The van der Waals surface area contributed by atoms with Gasteiger partial charge in [-0.1, -0.05) is 0 Å². The zero-order chi connectivity index (χ0) is 14.6. The highest BCUT2D eigenvalue weighted by atomic mass is 32.2. The molecule has 0 amide bonds. The molecule has 6 nitrogen and oxygen atoms in total. The Morgan fingerprint density at radius 3 is 2.21 bits per heavy atom. The van der Waals surface area contributed by atoms with E-state index >= 15 is 0 Å². The summed E-state index contributed by atoms with van der Waals surface area (Å²) in [6, 6.07) is 0.388. The van der Waals surface area contributed by atoms with Gasteiger partial charge in [0.1, 0.15) is 0 Å². The van der Waals surface area contributed by atoms with Gasteiger partial charge in [0, 0.05) is 33.7 Å². The van der Waals surface area contributed by atoms with Crippen molar-refractivity contribution < 1.29 is 8.42 Å². The van der Waals surface area contributed by atoms with Crippen LogP contribution in [-0.2, 0) is 10.2 Å². The van der Waals surface area contributed by atoms with E-state index in [-0.39, 0.29) is 0 Å². The van der Waals surface area contributed by atoms with E-state index in [1.54, 1.807) is 0 Å². The summed E-state index contributed by atoms with van der Waals surface area (Å²) < 4.78 is 27.0. The van der Waals surface area contributed by atoms with Gasteiger partial charge in [0.15, 0.2) is 5.11 Å². The van der Waals surface area contributed by atoms with Crippen LogP contribution < -0.4 is 10.5 Å². The van der Waals surface area contributed by atoms with Gasteiger partial charge in [0.25, 0.3) is 10.2 Å². The Bertz CT molecular complexity index is 403. The average Bonchev–Trinajstić information content (AvgIpc) is 2.36. The van der Waals surface area contributed by atoms with E-state index in [4.69, 9.17) is 18.0 Å². The Balaban J connectivity index is 2.37. The van der Waals surface area contributed by atoms with Crippen molar-refractivity contribution in [1.82, 2.24) is 13.9 Å². The largest absolute Gasteiger partial charge is 0.376 e. The minimum Gasteiger partial charge on any atom is -0.376 e. The molecule has 0 aromatic heterocycles. The third-order valence-electron chi connectivity index (χ3n) is 3.75. The molecule has 0 saturated heterocycles. The molecule has 8 heteroatoms. The maximum Gasteiger partial charge on any atom is 0.278 e. The first-order valence-corrected chi connectivity index (χ1v) is 8.28. The lowest BCUT2D eigenvalue weighted by atomic mass is 9.85. The van der Waals surface area contributed by atoms with Gasteiger partial charge in [-0.25, -0.2) is 4.72 Å². The SMILES string of the molecule is CN(C(N)=S)C1CCC(CNS(=O)(=O)N(C)C)CC1. The summed E-state index contributed by atoms with van der Waals surface area (Å²) in [6.45, 7) is 0.504. The zero-order valence-electron chi connectivity index (χ0n) is 11.8. The minimum atomic E-state index is -3.31. The lowest BCUT2D eigenvalue weighted by Gasteiger charge is -2.35. The standard InChI is InChI=1S/C11H24N4O2S2/c1-14(2)19(16,17)13-8-9-4-6-10(7-5-9)15(3)11(12)18/h9-10,13H,4-8H2,1-3H3,(H2,12,18). The van der Waals surface area contributed by atoms with Gasteiger partial charge in [-0.2, -0.15) is 12.7 Å². The smallest absolute Gasteiger partial charge is 0.278 e. The molecule has 1 saturated carbocycles. The molecule has 19 heavy (non-hydrogen) atoms. The average molecular weight is 308 g/mol. The van der Waals surface area contributed by atoms with Crippen LogP contribution in [-0.4, -0.2) is 56.5 Å². The van der Waals surface area contributed by atoms with Gasteiger partial charge < -0.3 is 10.6 Å². The fraction of sp³-hybridized carbons (Fsp3) is 0.909. The van der Waals surface area contributed by atoms with Crippen molar-refractivity contribution in [1.29, 1.82) is 0 Å². The van der Waals surface area contributed by atoms with Gasteiger partial charge in [-0.3, -0.25) is 0 Å². The third-order valence-corrected chi connectivity index (χ3v) is 5.53. The molecule has 0 atom stereocenters. The summed E-state index contributed by atoms with van der Waals surface area (Å²) in [6.07, 6.45) is 3.99. The molecule has 0 aliphatic heterocycles. The van der Waals surface area contributed by atoms with Crippen LogP contribution in [0.3, 0.4) is 0 Å². The summed E-state index contributed by atoms with van der Waals surface area (Å²) in [5.74, 6) is 0.394. The van der Waals surface area contributed by atoms with Crippen molar-refractivity contribution in [2.24, 2.45) is 11.7 Å². The number of rotatable bonds is 5. The molecular weight excluding hydrogens is 284 g/mol. The Morgan fingerprint density at radius 1 is 1.26 bits per heavy atom. The minimum absolute atomic E-state index is 0.388. The highest BCUT2D eigenvalue weighted by Gasteiger charge is 2.25. The number of nitrogens with two attached hydrogens (primary N) is 1. The lowest BCUT2D eigenvalue weighted by Crippen LogP contribution is -2.44. The number of thiocarbonyl (C=S) groups is 1. The Hall–Kier alpha value is -0.440. The highest BCUT2D eigenvalue weighted by Crippen LogP contribution is 2.26. The maximum atomic E-state index is 11.6. The first-order chi connectivity index (χ1) is 8.74. The van der Waals surface area contributed by atoms with Crippen LogP contribution >= 0.6 is 12.2 Å². The first-order valence-electron chi connectivity index (χ1n) is 6.43. The lowest BCUT2D eigenvalue weighted by molar-refractivity contribution is 0.231. The van der Waals surface area contributed by atoms with E-state index in [0.717, 1.165) is 25.7 Å². The third kappa shape index (κ3) is 4.87. The molecule has 0 aromatic carbocycles. The van der Waals surface area contributed by atoms with Gasteiger partial charge in [-0.15, -0.1) is 0 Å². The molecular formula is C11H24N4O2S2. The summed E-state index contributed by atoms with van der Waals surface area (Å²) in [5, 5.41) is 0.428. The van der Waals surface area contributed by atoms with Crippen molar-refractivity contribution in [3.63, 3.8) is 0 Å². The number of nitrogens with one attached hydrogen (secondary N) is 1. The quantitative estimate of drug-likeness (QED) is 0.705. The summed E-state index contributed by atoms with van der Waals surface area (Å²) in [4.78, 5) is 1.94.